The average Bonchev–Trinajstić information content (AvgIpc) is 3.25. The zero-order chi connectivity index (χ0) is 18.4. The fourth-order valence-electron chi connectivity index (χ4n) is 2.35. The number of aromatic nitrogens is 4. The third-order valence-electron chi connectivity index (χ3n) is 3.71. The lowest BCUT2D eigenvalue weighted by Gasteiger charge is -2.08. The lowest BCUT2D eigenvalue weighted by molar-refractivity contribution is -0.118. The third-order valence-corrected chi connectivity index (χ3v) is 5.70. The number of amides is 1. The summed E-state index contributed by atoms with van der Waals surface area (Å²) in [6.45, 7) is 6.98. The Morgan fingerprint density at radius 3 is 2.85 bits per heavy atom. The third kappa shape index (κ3) is 4.39. The van der Waals surface area contributed by atoms with Crippen molar-refractivity contribution in [2.75, 3.05) is 5.75 Å². The summed E-state index contributed by atoms with van der Waals surface area (Å²) in [6, 6.07) is 5.82. The molecule has 8 heteroatoms. The van der Waals surface area contributed by atoms with Crippen molar-refractivity contribution in [1.29, 1.82) is 0 Å². The number of hydrogen-bond donors (Lipinski definition) is 1. The summed E-state index contributed by atoms with van der Waals surface area (Å²) in [5.41, 5.74) is 2.13. The van der Waals surface area contributed by atoms with Gasteiger partial charge in [0.25, 0.3) is 0 Å². The number of nitrogens with one attached hydrogen (secondary N) is 1. The largest absolute Gasteiger partial charge is 0.350 e. The van der Waals surface area contributed by atoms with Gasteiger partial charge in [0.1, 0.15) is 0 Å². The molecule has 3 aromatic heterocycles. The highest BCUT2D eigenvalue weighted by Gasteiger charge is 2.15. The van der Waals surface area contributed by atoms with Crippen LogP contribution in [0.3, 0.4) is 0 Å². The molecule has 0 bridgehead atoms. The molecule has 0 unspecified atom stereocenters. The van der Waals surface area contributed by atoms with E-state index < -0.39 is 0 Å². The Balaban J connectivity index is 1.64. The summed E-state index contributed by atoms with van der Waals surface area (Å²) in [7, 11) is 0. The lowest BCUT2D eigenvalue weighted by Crippen LogP contribution is -2.24. The highest BCUT2D eigenvalue weighted by atomic mass is 32.2. The summed E-state index contributed by atoms with van der Waals surface area (Å²) in [6.07, 6.45) is 5.22. The van der Waals surface area contributed by atoms with Crippen molar-refractivity contribution in [2.24, 2.45) is 0 Å². The molecule has 0 aliphatic carbocycles. The van der Waals surface area contributed by atoms with Crippen LogP contribution in [0.25, 0.3) is 11.4 Å². The molecule has 0 atom stereocenters. The van der Waals surface area contributed by atoms with Gasteiger partial charge in [0.05, 0.1) is 12.3 Å². The van der Waals surface area contributed by atoms with Crippen LogP contribution in [0, 0.1) is 6.92 Å². The number of thioether (sulfide) groups is 1. The molecule has 26 heavy (non-hydrogen) atoms. The van der Waals surface area contributed by atoms with E-state index in [9.17, 15) is 4.79 Å². The highest BCUT2D eigenvalue weighted by Crippen LogP contribution is 2.23. The van der Waals surface area contributed by atoms with Gasteiger partial charge in [-0.05, 0) is 36.1 Å². The van der Waals surface area contributed by atoms with Crippen molar-refractivity contribution < 1.29 is 4.79 Å². The van der Waals surface area contributed by atoms with Crippen LogP contribution in [0.15, 0.2) is 53.8 Å². The molecule has 6 nitrogen and oxygen atoms in total. The van der Waals surface area contributed by atoms with Crippen LogP contribution < -0.4 is 5.32 Å². The minimum absolute atomic E-state index is 0.0265. The van der Waals surface area contributed by atoms with Crippen LogP contribution in [0.1, 0.15) is 10.4 Å². The van der Waals surface area contributed by atoms with Gasteiger partial charge in [0.15, 0.2) is 11.0 Å². The molecule has 0 aromatic carbocycles. The first-order chi connectivity index (χ1) is 12.7. The smallest absolute Gasteiger partial charge is 0.230 e. The van der Waals surface area contributed by atoms with Crippen LogP contribution in [0.2, 0.25) is 0 Å². The molecule has 1 amide bonds. The van der Waals surface area contributed by atoms with E-state index in [2.05, 4.69) is 33.1 Å². The minimum atomic E-state index is -0.0265. The Labute approximate surface area is 160 Å². The van der Waals surface area contributed by atoms with Gasteiger partial charge in [-0.15, -0.1) is 28.1 Å². The number of allylic oxidation sites excluding steroid dienone is 1. The number of nitrogens with zero attached hydrogens (tertiary/aromatic N) is 4. The predicted octanol–water partition coefficient (Wildman–Crippen LogP) is 3.30. The first-order valence-corrected chi connectivity index (χ1v) is 9.92. The molecule has 0 radical (unpaired) electrons. The van der Waals surface area contributed by atoms with Gasteiger partial charge in [-0.3, -0.25) is 14.3 Å². The highest BCUT2D eigenvalue weighted by molar-refractivity contribution is 7.99. The predicted molar refractivity (Wildman–Crippen MR) is 105 cm³/mol. The average molecular weight is 386 g/mol. The molecule has 0 spiro atoms. The number of pyridine rings is 1. The van der Waals surface area contributed by atoms with Gasteiger partial charge in [-0.1, -0.05) is 17.8 Å². The maximum absolute atomic E-state index is 12.2. The molecule has 134 valence electrons. The Bertz CT molecular complexity index is 888. The molecule has 0 saturated heterocycles. The molecule has 0 aliphatic heterocycles. The Hall–Kier alpha value is -2.45. The van der Waals surface area contributed by atoms with E-state index in [1.807, 2.05) is 29.0 Å². The second kappa shape index (κ2) is 8.77. The molecular formula is C18H19N5OS2. The number of hydrogen-bond acceptors (Lipinski definition) is 6. The fourth-order valence-corrected chi connectivity index (χ4v) is 3.97. The normalized spacial score (nSPS) is 10.7. The first kappa shape index (κ1) is 18.3. The van der Waals surface area contributed by atoms with Crippen LogP contribution in [0.4, 0.5) is 0 Å². The van der Waals surface area contributed by atoms with Gasteiger partial charge < -0.3 is 5.32 Å². The second-order valence-electron chi connectivity index (χ2n) is 5.53. The fraction of sp³-hybridized carbons (Fsp3) is 0.222. The van der Waals surface area contributed by atoms with Crippen LogP contribution >= 0.6 is 23.1 Å². The summed E-state index contributed by atoms with van der Waals surface area (Å²) in [5.74, 6) is 1.00. The van der Waals surface area contributed by atoms with Crippen molar-refractivity contribution in [1.82, 2.24) is 25.1 Å². The maximum atomic E-state index is 12.2. The lowest BCUT2D eigenvalue weighted by atomic mass is 10.2. The number of carbonyl (C=O) groups is 1. The topological polar surface area (TPSA) is 72.7 Å². The minimum Gasteiger partial charge on any atom is -0.350 e. The van der Waals surface area contributed by atoms with Gasteiger partial charge in [0, 0.05) is 29.4 Å². The van der Waals surface area contributed by atoms with Crippen molar-refractivity contribution in [3.8, 4) is 11.4 Å². The molecule has 1 N–H and O–H groups in total. The SMILES string of the molecule is C=CCn1c(SCC(=O)NCc2sccc2C)nnc1-c1ccncc1. The molecule has 0 saturated carbocycles. The molecule has 0 fully saturated rings. The van der Waals surface area contributed by atoms with Crippen molar-refractivity contribution in [3.63, 3.8) is 0 Å². The van der Waals surface area contributed by atoms with Crippen LogP contribution in [-0.4, -0.2) is 31.4 Å². The number of carbonyl (C=O) groups excluding carboxylic acids is 1. The second-order valence-corrected chi connectivity index (χ2v) is 7.48. The summed E-state index contributed by atoms with van der Waals surface area (Å²) < 4.78 is 1.95. The van der Waals surface area contributed by atoms with E-state index in [-0.39, 0.29) is 11.7 Å². The van der Waals surface area contributed by atoms with E-state index in [0.717, 1.165) is 11.4 Å². The molecule has 0 aliphatic rings. The molecule has 3 rings (SSSR count). The maximum Gasteiger partial charge on any atom is 0.230 e. The molecule has 3 heterocycles. The van der Waals surface area contributed by atoms with Gasteiger partial charge in [0.2, 0.25) is 5.91 Å². The van der Waals surface area contributed by atoms with Gasteiger partial charge in [-0.25, -0.2) is 0 Å². The first-order valence-electron chi connectivity index (χ1n) is 8.06. The van der Waals surface area contributed by atoms with E-state index in [4.69, 9.17) is 0 Å². The zero-order valence-electron chi connectivity index (χ0n) is 14.4. The van der Waals surface area contributed by atoms with E-state index >= 15 is 0 Å². The summed E-state index contributed by atoms with van der Waals surface area (Å²) >= 11 is 3.02. The van der Waals surface area contributed by atoms with E-state index in [0.29, 0.717) is 18.2 Å². The van der Waals surface area contributed by atoms with E-state index in [1.165, 1.54) is 22.2 Å². The number of thiophene rings is 1. The molecule has 3 aromatic rings. The Morgan fingerprint density at radius 1 is 1.35 bits per heavy atom. The van der Waals surface area contributed by atoms with Crippen LogP contribution in [-0.2, 0) is 17.9 Å². The van der Waals surface area contributed by atoms with Crippen LogP contribution in [0.5, 0.6) is 0 Å². The van der Waals surface area contributed by atoms with Gasteiger partial charge >= 0.3 is 0 Å². The number of rotatable bonds is 8. The Morgan fingerprint density at radius 2 is 2.15 bits per heavy atom. The zero-order valence-corrected chi connectivity index (χ0v) is 16.0. The number of aryl methyl sites for hydroxylation is 1. The van der Waals surface area contributed by atoms with Crippen molar-refractivity contribution in [2.45, 2.75) is 25.2 Å². The monoisotopic (exact) mass is 385 g/mol. The molecular weight excluding hydrogens is 366 g/mol. The summed E-state index contributed by atoms with van der Waals surface area (Å²) in [5, 5.41) is 14.2. The standard InChI is InChI=1S/C18H19N5OS2/c1-3-9-23-17(14-4-7-19-8-5-14)21-22-18(23)26-12-16(24)20-11-15-13(2)6-10-25-15/h3-8,10H,1,9,11-12H2,2H3,(H,20,24). The van der Waals surface area contributed by atoms with Crippen molar-refractivity contribution in [3.05, 3.63) is 59.1 Å². The van der Waals surface area contributed by atoms with Gasteiger partial charge in [-0.2, -0.15) is 0 Å². The quantitative estimate of drug-likeness (QED) is 0.476. The van der Waals surface area contributed by atoms with Crippen molar-refractivity contribution >= 4 is 29.0 Å². The Kier molecular flexibility index (Phi) is 6.19. The van der Waals surface area contributed by atoms with E-state index in [1.54, 1.807) is 29.8 Å². The summed E-state index contributed by atoms with van der Waals surface area (Å²) in [4.78, 5) is 17.4.